The molecule has 10 nitrogen and oxygen atoms in total. The van der Waals surface area contributed by atoms with Gasteiger partial charge in [-0.15, -0.1) is 0 Å². The molecular weight excluding hydrogens is 763 g/mol. The Labute approximate surface area is 302 Å². The molecule has 2 unspecified atom stereocenters. The largest absolute Gasteiger partial charge is 0.430 e. The molecule has 292 valence electrons. The van der Waals surface area contributed by atoms with Gasteiger partial charge in [0, 0.05) is 37.8 Å². The number of aldehydes is 1. The van der Waals surface area contributed by atoms with Crippen molar-refractivity contribution < 1.29 is 67.1 Å². The summed E-state index contributed by atoms with van der Waals surface area (Å²) >= 11 is 0. The van der Waals surface area contributed by atoms with Crippen molar-refractivity contribution in [3.05, 3.63) is 101 Å². The van der Waals surface area contributed by atoms with Crippen LogP contribution in [-0.2, 0) is 36.3 Å². The maximum absolute atomic E-state index is 14.6. The summed E-state index contributed by atoms with van der Waals surface area (Å²) < 4.78 is 161. The van der Waals surface area contributed by atoms with Gasteiger partial charge in [0.1, 0.15) is 34.0 Å². The Morgan fingerprint density at radius 2 is 1.39 bits per heavy atom. The van der Waals surface area contributed by atoms with E-state index in [0.717, 1.165) is 35.2 Å². The van der Waals surface area contributed by atoms with Gasteiger partial charge in [-0.2, -0.15) is 26.3 Å². The van der Waals surface area contributed by atoms with Crippen molar-refractivity contribution in [1.82, 2.24) is 20.4 Å². The fourth-order valence-corrected chi connectivity index (χ4v) is 8.78. The fraction of sp³-hybridized carbons (Fsp3) is 0.382. The maximum Gasteiger partial charge on any atom is 0.430 e. The molecule has 2 atom stereocenters. The number of amides is 4. The van der Waals surface area contributed by atoms with Gasteiger partial charge in [0.15, 0.2) is 9.84 Å². The molecule has 2 fully saturated rings. The van der Waals surface area contributed by atoms with Crippen LogP contribution in [0.2, 0.25) is 0 Å². The number of ether oxygens (including phenoxy) is 1. The van der Waals surface area contributed by atoms with Crippen molar-refractivity contribution in [3.63, 3.8) is 0 Å². The van der Waals surface area contributed by atoms with Gasteiger partial charge in [-0.05, 0) is 54.8 Å². The van der Waals surface area contributed by atoms with Crippen LogP contribution in [0.1, 0.15) is 29.5 Å². The van der Waals surface area contributed by atoms with Gasteiger partial charge in [-0.25, -0.2) is 31.2 Å². The van der Waals surface area contributed by atoms with E-state index in [-0.39, 0.29) is 31.6 Å². The van der Waals surface area contributed by atoms with E-state index in [0.29, 0.717) is 42.7 Å². The first-order valence-electron chi connectivity index (χ1n) is 16.0. The molecule has 3 aromatic carbocycles. The lowest BCUT2D eigenvalue weighted by Crippen LogP contribution is -2.56. The molecule has 2 aliphatic heterocycles. The van der Waals surface area contributed by atoms with Gasteiger partial charge in [-0.3, -0.25) is 0 Å². The van der Waals surface area contributed by atoms with Crippen LogP contribution < -0.4 is 10.6 Å². The SMILES string of the molecule is CNC(=O)NC1(C=O)CCN(C(=O)N2CCC(c3ccc(C(OCc4c(F)cccc4F)(C(F)(F)F)C(F)(F)F)cc3)(S(=O)(=O)c3ccc(F)cc3)C2)C1. The Kier molecular flexibility index (Phi) is 10.8. The van der Waals surface area contributed by atoms with Gasteiger partial charge in [0.05, 0.1) is 18.0 Å². The van der Waals surface area contributed by atoms with Gasteiger partial charge >= 0.3 is 24.4 Å². The lowest BCUT2D eigenvalue weighted by molar-refractivity contribution is -0.392. The van der Waals surface area contributed by atoms with E-state index in [1.54, 1.807) is 0 Å². The predicted octanol–water partition coefficient (Wildman–Crippen LogP) is 5.71. The Bertz CT molecular complexity index is 1980. The highest BCUT2D eigenvalue weighted by Gasteiger charge is 2.73. The lowest BCUT2D eigenvalue weighted by atomic mass is 9.88. The third-order valence-corrected chi connectivity index (χ3v) is 12.1. The second kappa shape index (κ2) is 14.4. The van der Waals surface area contributed by atoms with Crippen molar-refractivity contribution in [2.24, 2.45) is 0 Å². The number of sulfone groups is 1. The van der Waals surface area contributed by atoms with E-state index in [4.69, 9.17) is 0 Å². The van der Waals surface area contributed by atoms with Crippen LogP contribution in [0.25, 0.3) is 0 Å². The topological polar surface area (TPSA) is 125 Å². The summed E-state index contributed by atoms with van der Waals surface area (Å²) in [7, 11) is -3.43. The molecule has 2 heterocycles. The third kappa shape index (κ3) is 6.96. The number of carbonyl (C=O) groups is 3. The molecule has 0 saturated carbocycles. The minimum absolute atomic E-state index is 0.00420. The molecule has 4 amide bonds. The highest BCUT2D eigenvalue weighted by molar-refractivity contribution is 7.92. The molecule has 20 heteroatoms. The lowest BCUT2D eigenvalue weighted by Gasteiger charge is -2.38. The highest BCUT2D eigenvalue weighted by atomic mass is 32.2. The molecule has 2 aliphatic rings. The molecular formula is C34H31F9N4O6S. The Morgan fingerprint density at radius 1 is 0.833 bits per heavy atom. The van der Waals surface area contributed by atoms with Gasteiger partial charge in [-0.1, -0.05) is 30.3 Å². The van der Waals surface area contributed by atoms with Crippen molar-refractivity contribution >= 4 is 28.2 Å². The average molecular weight is 795 g/mol. The minimum Gasteiger partial charge on any atom is -0.349 e. The van der Waals surface area contributed by atoms with Crippen molar-refractivity contribution in [2.75, 3.05) is 33.2 Å². The number of halogens is 9. The predicted molar refractivity (Wildman–Crippen MR) is 171 cm³/mol. The molecule has 0 aliphatic carbocycles. The minimum atomic E-state index is -6.28. The van der Waals surface area contributed by atoms with Crippen molar-refractivity contribution in [2.45, 2.75) is 52.6 Å². The zero-order valence-electron chi connectivity index (χ0n) is 28.0. The first kappa shape index (κ1) is 40.3. The van der Waals surface area contributed by atoms with Crippen LogP contribution in [0.15, 0.2) is 71.6 Å². The first-order chi connectivity index (χ1) is 25.2. The van der Waals surface area contributed by atoms with E-state index in [9.17, 15) is 62.3 Å². The second-order valence-electron chi connectivity index (χ2n) is 12.8. The van der Waals surface area contributed by atoms with Crippen LogP contribution in [0.3, 0.4) is 0 Å². The summed E-state index contributed by atoms with van der Waals surface area (Å²) in [6, 6.07) is 6.04. The molecule has 3 aromatic rings. The van der Waals surface area contributed by atoms with Crippen LogP contribution in [0.4, 0.5) is 49.1 Å². The fourth-order valence-electron chi connectivity index (χ4n) is 6.70. The summed E-state index contributed by atoms with van der Waals surface area (Å²) in [5.41, 5.74) is -9.80. The van der Waals surface area contributed by atoms with E-state index in [1.165, 1.54) is 11.9 Å². The van der Waals surface area contributed by atoms with E-state index in [2.05, 4.69) is 15.4 Å². The van der Waals surface area contributed by atoms with E-state index in [1.807, 2.05) is 0 Å². The summed E-state index contributed by atoms with van der Waals surface area (Å²) in [6.45, 7) is -3.16. The molecule has 54 heavy (non-hydrogen) atoms. The number of nitrogens with one attached hydrogen (secondary N) is 2. The van der Waals surface area contributed by atoms with Gasteiger partial charge < -0.3 is 30.0 Å². The zero-order valence-corrected chi connectivity index (χ0v) is 28.8. The molecule has 0 bridgehead atoms. The quantitative estimate of drug-likeness (QED) is 0.163. The molecule has 0 radical (unpaired) electrons. The highest BCUT2D eigenvalue weighted by Crippen LogP contribution is 2.54. The molecule has 2 N–H and O–H groups in total. The number of hydrogen-bond donors (Lipinski definition) is 2. The molecule has 5 rings (SSSR count). The van der Waals surface area contributed by atoms with Crippen LogP contribution >= 0.6 is 0 Å². The van der Waals surface area contributed by atoms with Gasteiger partial charge in [0.2, 0.25) is 0 Å². The number of nitrogens with zero attached hydrogens (tertiary/aromatic N) is 2. The number of alkyl halides is 6. The zero-order chi connectivity index (χ0) is 39.9. The standard InChI is InChI=1S/C34H31F9N4O6S/c1-44-28(49)45-30(20-48)13-15-46(18-30)29(50)47-16-14-31(19-47,54(51,52)24-11-9-23(35)10-12-24)21-5-7-22(8-6-21)32(33(38,39)40,34(41,42)43)53-17-25-26(36)3-2-4-27(25)37/h2-12,20H,13-19H2,1H3,(H2,44,45,49). The number of rotatable bonds is 9. The Morgan fingerprint density at radius 3 is 1.93 bits per heavy atom. The monoisotopic (exact) mass is 794 g/mol. The number of carbonyl (C=O) groups excluding carboxylic acids is 3. The second-order valence-corrected chi connectivity index (χ2v) is 15.1. The molecule has 0 spiro atoms. The molecule has 0 aromatic heterocycles. The summed E-state index contributed by atoms with van der Waals surface area (Å²) in [5, 5.41) is 4.74. The van der Waals surface area contributed by atoms with Crippen molar-refractivity contribution in [3.8, 4) is 0 Å². The molecule has 2 saturated heterocycles. The van der Waals surface area contributed by atoms with Gasteiger partial charge in [0.25, 0.3) is 5.60 Å². The third-order valence-electron chi connectivity index (χ3n) is 9.64. The van der Waals surface area contributed by atoms with Crippen LogP contribution in [-0.4, -0.2) is 87.7 Å². The van der Waals surface area contributed by atoms with Crippen LogP contribution in [0.5, 0.6) is 0 Å². The number of likely N-dealkylation sites (tertiary alicyclic amines) is 2. The van der Waals surface area contributed by atoms with E-state index < -0.39 is 103 Å². The average Bonchev–Trinajstić information content (AvgIpc) is 3.75. The number of benzene rings is 3. The summed E-state index contributed by atoms with van der Waals surface area (Å²) in [6.07, 6.45) is -12.5. The summed E-state index contributed by atoms with van der Waals surface area (Å²) in [4.78, 5) is 39.4. The smallest absolute Gasteiger partial charge is 0.349 e. The maximum atomic E-state index is 14.6. The normalized spacial score (nSPS) is 20.9. The Hall–Kier alpha value is -4.85. The number of urea groups is 2. The van der Waals surface area contributed by atoms with E-state index >= 15 is 0 Å². The van der Waals surface area contributed by atoms with Crippen LogP contribution in [0, 0.1) is 17.5 Å². The first-order valence-corrected chi connectivity index (χ1v) is 17.5. The summed E-state index contributed by atoms with van der Waals surface area (Å²) in [5.74, 6) is -3.75. The van der Waals surface area contributed by atoms with Crippen molar-refractivity contribution in [1.29, 1.82) is 0 Å². The number of hydrogen-bond acceptors (Lipinski definition) is 6. The Balaban J connectivity index is 1.56.